The van der Waals surface area contributed by atoms with Crippen LogP contribution in [0.4, 0.5) is 74.6 Å². The van der Waals surface area contributed by atoms with Crippen LogP contribution in [-0.2, 0) is 19.0 Å². The predicted octanol–water partition coefficient (Wildman–Crippen LogP) is 5.42. The molecule has 4 nitrogen and oxygen atoms in total. The van der Waals surface area contributed by atoms with Crippen molar-refractivity contribution >= 4 is 5.97 Å². The van der Waals surface area contributed by atoms with Gasteiger partial charge in [0.25, 0.3) is 0 Å². The zero-order valence-electron chi connectivity index (χ0n) is 14.3. The van der Waals surface area contributed by atoms with E-state index in [0.717, 1.165) is 0 Å². The van der Waals surface area contributed by atoms with Gasteiger partial charge in [0.1, 0.15) is 0 Å². The standard InChI is InChI=1S/C11H5F17O4/c1-2-30-3(29)4(12,7(16,17)18)31-11(27,28)6(15,9(22,23)24)32-10(25,26)5(13,14)8(19,20)21/h2H2,1H3. The van der Waals surface area contributed by atoms with Crippen molar-refractivity contribution in [1.82, 2.24) is 0 Å². The van der Waals surface area contributed by atoms with Gasteiger partial charge in [-0.05, 0) is 6.92 Å². The van der Waals surface area contributed by atoms with Gasteiger partial charge in [0, 0.05) is 0 Å². The summed E-state index contributed by atoms with van der Waals surface area (Å²) in [6, 6.07) is 0. The Balaban J connectivity index is 6.70. The molecule has 32 heavy (non-hydrogen) atoms. The van der Waals surface area contributed by atoms with Gasteiger partial charge in [-0.25, -0.2) is 4.79 Å². The van der Waals surface area contributed by atoms with Gasteiger partial charge in [-0.3, -0.25) is 9.47 Å². The fraction of sp³-hybridized carbons (Fsp3) is 0.909. The highest BCUT2D eigenvalue weighted by Crippen LogP contribution is 2.56. The van der Waals surface area contributed by atoms with Crippen molar-refractivity contribution in [1.29, 1.82) is 0 Å². The monoisotopic (exact) mass is 524 g/mol. The third kappa shape index (κ3) is 5.06. The summed E-state index contributed by atoms with van der Waals surface area (Å²) in [5, 5.41) is 0. The zero-order valence-corrected chi connectivity index (χ0v) is 14.3. The molecule has 2 unspecified atom stereocenters. The van der Waals surface area contributed by atoms with Gasteiger partial charge < -0.3 is 4.74 Å². The second kappa shape index (κ2) is 8.20. The summed E-state index contributed by atoms with van der Waals surface area (Å²) in [6.07, 6.45) is -38.5. The lowest BCUT2D eigenvalue weighted by Crippen LogP contribution is -2.68. The van der Waals surface area contributed by atoms with Crippen LogP contribution < -0.4 is 0 Å². The van der Waals surface area contributed by atoms with Crippen LogP contribution in [0.2, 0.25) is 0 Å². The summed E-state index contributed by atoms with van der Waals surface area (Å²) in [4.78, 5) is 10.9. The molecule has 0 spiro atoms. The molecule has 0 aromatic heterocycles. The van der Waals surface area contributed by atoms with E-state index in [1.54, 1.807) is 4.74 Å². The number of rotatable bonds is 8. The maximum atomic E-state index is 13.8. The first-order chi connectivity index (χ1) is 13.6. The van der Waals surface area contributed by atoms with E-state index in [4.69, 9.17) is 0 Å². The van der Waals surface area contributed by atoms with E-state index in [1.165, 1.54) is 4.74 Å². The Morgan fingerprint density at radius 2 is 1.00 bits per heavy atom. The SMILES string of the molecule is CCOC(=O)C(F)(OC(F)(F)C(F)(OC(F)(F)C(F)(F)C(F)(F)F)C(F)(F)F)C(F)(F)F. The number of esters is 1. The van der Waals surface area contributed by atoms with Crippen LogP contribution in [0.5, 0.6) is 0 Å². The van der Waals surface area contributed by atoms with Crippen molar-refractivity contribution in [3.05, 3.63) is 0 Å². The van der Waals surface area contributed by atoms with Gasteiger partial charge in [-0.2, -0.15) is 74.6 Å². The van der Waals surface area contributed by atoms with Crippen molar-refractivity contribution in [3.8, 4) is 0 Å². The summed E-state index contributed by atoms with van der Waals surface area (Å²) in [7, 11) is 0. The molecule has 192 valence electrons. The van der Waals surface area contributed by atoms with Crippen LogP contribution in [0.15, 0.2) is 0 Å². The van der Waals surface area contributed by atoms with Gasteiger partial charge in [-0.1, -0.05) is 0 Å². The average Bonchev–Trinajstić information content (AvgIpc) is 2.50. The van der Waals surface area contributed by atoms with Crippen molar-refractivity contribution in [3.63, 3.8) is 0 Å². The van der Waals surface area contributed by atoms with Crippen LogP contribution >= 0.6 is 0 Å². The van der Waals surface area contributed by atoms with E-state index >= 15 is 0 Å². The van der Waals surface area contributed by atoms with Crippen LogP contribution in [0.3, 0.4) is 0 Å². The number of halogens is 17. The Morgan fingerprint density at radius 1 is 0.594 bits per heavy atom. The Bertz CT molecular complexity index is 679. The first kappa shape index (κ1) is 30.2. The molecule has 0 amide bonds. The van der Waals surface area contributed by atoms with Gasteiger partial charge in [-0.15, -0.1) is 0 Å². The highest BCUT2D eigenvalue weighted by atomic mass is 19.4. The average molecular weight is 524 g/mol. The maximum Gasteiger partial charge on any atom is 0.462 e. The quantitative estimate of drug-likeness (QED) is 0.315. The van der Waals surface area contributed by atoms with Gasteiger partial charge in [0.2, 0.25) is 0 Å². The number of ether oxygens (including phenoxy) is 3. The Hall–Kier alpha value is -1.80. The third-order valence-electron chi connectivity index (χ3n) is 2.90. The molecule has 0 rings (SSSR count). The molecular weight excluding hydrogens is 519 g/mol. The molecule has 0 fully saturated rings. The number of carbonyl (C=O) groups excluding carboxylic acids is 1. The highest BCUT2D eigenvalue weighted by molar-refractivity contribution is 5.78. The largest absolute Gasteiger partial charge is 0.462 e. The summed E-state index contributed by atoms with van der Waals surface area (Å²) in [5.74, 6) is -26.4. The van der Waals surface area contributed by atoms with Crippen molar-refractivity contribution in [2.24, 2.45) is 0 Å². The zero-order chi connectivity index (χ0) is 26.4. The molecular formula is C11H5F17O4. The second-order valence-corrected chi connectivity index (χ2v) is 5.22. The lowest BCUT2D eigenvalue weighted by molar-refractivity contribution is -0.548. The van der Waals surface area contributed by atoms with E-state index in [1.807, 2.05) is 0 Å². The van der Waals surface area contributed by atoms with Crippen LogP contribution in [-0.4, -0.2) is 61.0 Å². The van der Waals surface area contributed by atoms with Gasteiger partial charge >= 0.3 is 54.3 Å². The molecule has 2 atom stereocenters. The molecule has 0 radical (unpaired) electrons. The molecule has 0 N–H and O–H groups in total. The van der Waals surface area contributed by atoms with Crippen molar-refractivity contribution < 1.29 is 93.6 Å². The summed E-state index contributed by atoms with van der Waals surface area (Å²) in [5.41, 5.74) is 0. The molecule has 0 aromatic carbocycles. The van der Waals surface area contributed by atoms with E-state index < -0.39 is 61.0 Å². The molecule has 0 heterocycles. The number of carbonyl (C=O) groups is 1. The smallest absolute Gasteiger partial charge is 0.462 e. The van der Waals surface area contributed by atoms with Crippen molar-refractivity contribution in [2.45, 2.75) is 55.3 Å². The minimum Gasteiger partial charge on any atom is -0.462 e. The molecule has 0 bridgehead atoms. The normalized spacial score (nSPS) is 18.7. The maximum absolute atomic E-state index is 13.8. The predicted molar refractivity (Wildman–Crippen MR) is 59.5 cm³/mol. The minimum absolute atomic E-state index is 0.560. The van der Waals surface area contributed by atoms with Crippen LogP contribution in [0, 0.1) is 0 Å². The van der Waals surface area contributed by atoms with E-state index in [0.29, 0.717) is 6.92 Å². The summed E-state index contributed by atoms with van der Waals surface area (Å²) in [6.45, 7) is -0.771. The topological polar surface area (TPSA) is 44.8 Å². The van der Waals surface area contributed by atoms with E-state index in [-0.39, 0.29) is 0 Å². The molecule has 0 saturated heterocycles. The molecule has 21 heteroatoms. The Labute approximate surface area is 163 Å². The molecule has 0 aliphatic rings. The van der Waals surface area contributed by atoms with Crippen LogP contribution in [0.1, 0.15) is 6.92 Å². The number of hydrogen-bond donors (Lipinski definition) is 0. The lowest BCUT2D eigenvalue weighted by Gasteiger charge is -2.39. The Morgan fingerprint density at radius 3 is 1.28 bits per heavy atom. The second-order valence-electron chi connectivity index (χ2n) is 5.22. The third-order valence-corrected chi connectivity index (χ3v) is 2.90. The summed E-state index contributed by atoms with van der Waals surface area (Å²) >= 11 is 0. The van der Waals surface area contributed by atoms with E-state index in [9.17, 15) is 79.4 Å². The van der Waals surface area contributed by atoms with Gasteiger partial charge in [0.15, 0.2) is 0 Å². The minimum atomic E-state index is -8.03. The van der Waals surface area contributed by atoms with E-state index in [2.05, 4.69) is 4.74 Å². The number of alkyl halides is 17. The molecule has 0 saturated carbocycles. The van der Waals surface area contributed by atoms with Crippen LogP contribution in [0.25, 0.3) is 0 Å². The number of hydrogen-bond acceptors (Lipinski definition) is 4. The lowest BCUT2D eigenvalue weighted by atomic mass is 10.2. The molecule has 0 aromatic rings. The van der Waals surface area contributed by atoms with Crippen molar-refractivity contribution in [2.75, 3.05) is 6.61 Å². The Kier molecular flexibility index (Phi) is 7.74. The summed E-state index contributed by atoms with van der Waals surface area (Å²) < 4.78 is 223. The fourth-order valence-electron chi connectivity index (χ4n) is 1.37. The molecule has 0 aliphatic heterocycles. The van der Waals surface area contributed by atoms with Gasteiger partial charge in [0.05, 0.1) is 6.61 Å². The first-order valence-corrected chi connectivity index (χ1v) is 6.93. The molecule has 0 aliphatic carbocycles. The first-order valence-electron chi connectivity index (χ1n) is 6.93. The fourth-order valence-corrected chi connectivity index (χ4v) is 1.37. The highest BCUT2D eigenvalue weighted by Gasteiger charge is 2.85.